The van der Waals surface area contributed by atoms with Crippen LogP contribution in [0.5, 0.6) is 0 Å². The number of halogens is 3. The SMILES string of the molecule is Cc1ccc(-c2nc(COC3CCCC(CN(Cc4ccccc4)[C@H](C(=O)O)C(C)C)C3)c(C)o2)cc1.O=C(O)C(F)(F)F. The van der Waals surface area contributed by atoms with Gasteiger partial charge in [0.2, 0.25) is 5.89 Å². The smallest absolute Gasteiger partial charge is 0.480 e. The van der Waals surface area contributed by atoms with Gasteiger partial charge in [0.1, 0.15) is 17.5 Å². The number of carbonyl (C=O) groups is 2. The quantitative estimate of drug-likeness (QED) is 0.231. The lowest BCUT2D eigenvalue weighted by Crippen LogP contribution is -2.47. The first-order valence-electron chi connectivity index (χ1n) is 14.7. The van der Waals surface area contributed by atoms with Crippen molar-refractivity contribution in [3.8, 4) is 11.5 Å². The second kappa shape index (κ2) is 15.9. The summed E-state index contributed by atoms with van der Waals surface area (Å²) in [5.41, 5.74) is 4.15. The third kappa shape index (κ3) is 10.5. The van der Waals surface area contributed by atoms with Crippen molar-refractivity contribution >= 4 is 11.9 Å². The van der Waals surface area contributed by atoms with Crippen molar-refractivity contribution in [1.82, 2.24) is 9.88 Å². The van der Waals surface area contributed by atoms with Crippen LogP contribution in [-0.2, 0) is 27.5 Å². The summed E-state index contributed by atoms with van der Waals surface area (Å²) in [6, 6.07) is 17.8. The van der Waals surface area contributed by atoms with Crippen molar-refractivity contribution < 1.29 is 42.1 Å². The van der Waals surface area contributed by atoms with E-state index >= 15 is 0 Å². The molecule has 0 amide bonds. The molecule has 1 aliphatic rings. The second-order valence-electron chi connectivity index (χ2n) is 11.6. The molecule has 0 radical (unpaired) electrons. The molecule has 2 N–H and O–H groups in total. The normalized spacial score (nSPS) is 17.7. The van der Waals surface area contributed by atoms with Gasteiger partial charge in [-0.05, 0) is 62.6 Å². The molecule has 1 aliphatic carbocycles. The first-order valence-corrected chi connectivity index (χ1v) is 14.7. The van der Waals surface area contributed by atoms with Gasteiger partial charge < -0.3 is 19.4 Å². The number of carboxylic acids is 2. The summed E-state index contributed by atoms with van der Waals surface area (Å²) < 4.78 is 44.0. The number of nitrogens with zero attached hydrogens (tertiary/aromatic N) is 2. The molecule has 0 spiro atoms. The fourth-order valence-corrected chi connectivity index (χ4v) is 5.43. The van der Waals surface area contributed by atoms with Crippen LogP contribution >= 0.6 is 0 Å². The maximum Gasteiger partial charge on any atom is 0.490 e. The molecule has 0 bridgehead atoms. The van der Waals surface area contributed by atoms with Crippen LogP contribution in [-0.4, -0.2) is 56.9 Å². The van der Waals surface area contributed by atoms with Crippen molar-refractivity contribution in [1.29, 1.82) is 0 Å². The lowest BCUT2D eigenvalue weighted by molar-refractivity contribution is -0.192. The number of ether oxygens (including phenoxy) is 1. The highest BCUT2D eigenvalue weighted by molar-refractivity contribution is 5.74. The van der Waals surface area contributed by atoms with E-state index < -0.39 is 24.2 Å². The molecule has 240 valence electrons. The Labute approximate surface area is 255 Å². The Morgan fingerprint density at radius 1 is 1.05 bits per heavy atom. The van der Waals surface area contributed by atoms with Gasteiger partial charge in [-0.25, -0.2) is 9.78 Å². The second-order valence-corrected chi connectivity index (χ2v) is 11.6. The summed E-state index contributed by atoms with van der Waals surface area (Å²) in [4.78, 5) is 28.0. The third-order valence-electron chi connectivity index (χ3n) is 7.62. The van der Waals surface area contributed by atoms with Gasteiger partial charge in [-0.15, -0.1) is 0 Å². The van der Waals surface area contributed by atoms with Crippen molar-refractivity contribution in [2.24, 2.45) is 11.8 Å². The number of hydrogen-bond donors (Lipinski definition) is 2. The average Bonchev–Trinajstić information content (AvgIpc) is 3.32. The lowest BCUT2D eigenvalue weighted by Gasteiger charge is -2.37. The Bertz CT molecular complexity index is 1340. The van der Waals surface area contributed by atoms with Gasteiger partial charge in [-0.2, -0.15) is 13.2 Å². The number of aryl methyl sites for hydroxylation is 2. The van der Waals surface area contributed by atoms with E-state index in [4.69, 9.17) is 24.0 Å². The molecular weight excluding hydrogens is 577 g/mol. The first kappa shape index (κ1) is 34.8. The number of rotatable bonds is 11. The zero-order valence-electron chi connectivity index (χ0n) is 25.5. The molecule has 8 nitrogen and oxygen atoms in total. The molecular formula is C33H41F3N2O6. The maximum absolute atomic E-state index is 12.2. The topological polar surface area (TPSA) is 113 Å². The predicted molar refractivity (Wildman–Crippen MR) is 159 cm³/mol. The molecule has 2 unspecified atom stereocenters. The lowest BCUT2D eigenvalue weighted by atomic mass is 9.86. The number of hydrogen-bond acceptors (Lipinski definition) is 6. The van der Waals surface area contributed by atoms with Crippen molar-refractivity contribution in [3.05, 3.63) is 77.2 Å². The van der Waals surface area contributed by atoms with Crippen LogP contribution in [0.2, 0.25) is 0 Å². The van der Waals surface area contributed by atoms with Gasteiger partial charge in [-0.3, -0.25) is 9.69 Å². The van der Waals surface area contributed by atoms with E-state index in [1.165, 1.54) is 5.56 Å². The summed E-state index contributed by atoms with van der Waals surface area (Å²) in [5.74, 6) is -1.67. The highest BCUT2D eigenvalue weighted by Crippen LogP contribution is 2.30. The summed E-state index contributed by atoms with van der Waals surface area (Å²) in [7, 11) is 0. The van der Waals surface area contributed by atoms with Crippen LogP contribution in [0.4, 0.5) is 13.2 Å². The molecule has 2 aromatic carbocycles. The standard InChI is InChI=1S/C31H40N2O4.C2HF3O2/c1-21(2)29(31(34)35)33(18-24-9-6-5-7-10-24)19-25-11-8-12-27(17-25)36-20-28-23(4)37-30(32-28)26-15-13-22(3)14-16-26;3-2(4,5)1(6)7/h5-7,9-10,13-16,21,25,27,29H,8,11-12,17-20H2,1-4H3,(H,34,35);(H,6,7)/t25?,27?,29-;/m0./s1. The molecule has 1 saturated carbocycles. The molecule has 4 rings (SSSR count). The zero-order valence-corrected chi connectivity index (χ0v) is 25.5. The van der Waals surface area contributed by atoms with Crippen LogP contribution in [0.15, 0.2) is 59.0 Å². The largest absolute Gasteiger partial charge is 0.490 e. The van der Waals surface area contributed by atoms with E-state index in [0.29, 0.717) is 25.0 Å². The molecule has 1 aromatic heterocycles. The monoisotopic (exact) mass is 618 g/mol. The Morgan fingerprint density at radius 2 is 1.68 bits per heavy atom. The Kier molecular flexibility index (Phi) is 12.5. The van der Waals surface area contributed by atoms with Gasteiger partial charge in [-0.1, -0.05) is 68.3 Å². The number of aliphatic carboxylic acids is 2. The number of alkyl halides is 3. The Morgan fingerprint density at radius 3 is 2.25 bits per heavy atom. The van der Waals surface area contributed by atoms with E-state index in [2.05, 4.69) is 36.1 Å². The van der Waals surface area contributed by atoms with Gasteiger partial charge in [0.25, 0.3) is 0 Å². The molecule has 44 heavy (non-hydrogen) atoms. The summed E-state index contributed by atoms with van der Waals surface area (Å²) in [5, 5.41) is 17.2. The highest BCUT2D eigenvalue weighted by atomic mass is 19.4. The first-order chi connectivity index (χ1) is 20.7. The van der Waals surface area contributed by atoms with Crippen LogP contribution < -0.4 is 0 Å². The zero-order chi connectivity index (χ0) is 32.4. The molecule has 1 heterocycles. The third-order valence-corrected chi connectivity index (χ3v) is 7.62. The highest BCUT2D eigenvalue weighted by Gasteiger charge is 2.38. The summed E-state index contributed by atoms with van der Waals surface area (Å²) in [6.45, 7) is 9.81. The minimum Gasteiger partial charge on any atom is -0.480 e. The van der Waals surface area contributed by atoms with Crippen LogP contribution in [0.25, 0.3) is 11.5 Å². The summed E-state index contributed by atoms with van der Waals surface area (Å²) in [6.07, 6.45) is -0.823. The fraction of sp³-hybridized carbons (Fsp3) is 0.485. The Hall–Kier alpha value is -3.70. The minimum absolute atomic E-state index is 0.0229. The van der Waals surface area contributed by atoms with E-state index in [-0.39, 0.29) is 12.0 Å². The van der Waals surface area contributed by atoms with Crippen molar-refractivity contribution in [2.75, 3.05) is 6.54 Å². The van der Waals surface area contributed by atoms with E-state index in [1.807, 2.05) is 51.1 Å². The van der Waals surface area contributed by atoms with E-state index in [9.17, 15) is 23.1 Å². The molecule has 11 heteroatoms. The maximum atomic E-state index is 12.2. The van der Waals surface area contributed by atoms with Gasteiger partial charge in [0, 0.05) is 18.7 Å². The van der Waals surface area contributed by atoms with Gasteiger partial charge >= 0.3 is 18.1 Å². The number of oxazole rings is 1. The van der Waals surface area contributed by atoms with Crippen molar-refractivity contribution in [3.63, 3.8) is 0 Å². The molecule has 3 aromatic rings. The van der Waals surface area contributed by atoms with E-state index in [0.717, 1.165) is 54.8 Å². The van der Waals surface area contributed by atoms with Gasteiger partial charge in [0.05, 0.1) is 12.7 Å². The van der Waals surface area contributed by atoms with Gasteiger partial charge in [0.15, 0.2) is 0 Å². The molecule has 1 fully saturated rings. The molecule has 0 saturated heterocycles. The van der Waals surface area contributed by atoms with Crippen molar-refractivity contribution in [2.45, 2.75) is 84.9 Å². The number of aromatic nitrogens is 1. The van der Waals surface area contributed by atoms with Crippen LogP contribution in [0.3, 0.4) is 0 Å². The molecule has 0 aliphatic heterocycles. The minimum atomic E-state index is -5.08. The van der Waals surface area contributed by atoms with E-state index in [1.54, 1.807) is 0 Å². The average molecular weight is 619 g/mol. The number of carboxylic acid groups (broad SMARTS) is 2. The van der Waals surface area contributed by atoms with Crippen LogP contribution in [0, 0.1) is 25.7 Å². The Balaban J connectivity index is 0.000000676. The van der Waals surface area contributed by atoms with Crippen LogP contribution in [0.1, 0.15) is 62.1 Å². The summed E-state index contributed by atoms with van der Waals surface area (Å²) >= 11 is 0. The number of benzene rings is 2. The predicted octanol–water partition coefficient (Wildman–Crippen LogP) is 7.28. The fourth-order valence-electron chi connectivity index (χ4n) is 5.43. The molecule has 3 atom stereocenters.